The van der Waals surface area contributed by atoms with E-state index in [1.807, 2.05) is 77.9 Å². The smallest absolute Gasteiger partial charge is 0.337 e. The molecule has 8 heteroatoms. The number of carbonyl (C=O) groups is 4. The first-order valence-electron chi connectivity index (χ1n) is 15.6. The lowest BCUT2D eigenvalue weighted by molar-refractivity contribution is -0.161. The van der Waals surface area contributed by atoms with Gasteiger partial charge in [0.1, 0.15) is 11.6 Å². The number of methoxy groups -OCH3 is 1. The van der Waals surface area contributed by atoms with Gasteiger partial charge in [-0.15, -0.1) is 0 Å². The van der Waals surface area contributed by atoms with Crippen LogP contribution in [-0.4, -0.2) is 49.6 Å². The van der Waals surface area contributed by atoms with Crippen molar-refractivity contribution < 1.29 is 28.7 Å². The number of esters is 2. The zero-order valence-corrected chi connectivity index (χ0v) is 28.0. The lowest BCUT2D eigenvalue weighted by atomic mass is 9.83. The molecule has 0 unspecified atom stereocenters. The van der Waals surface area contributed by atoms with E-state index in [0.29, 0.717) is 31.2 Å². The summed E-state index contributed by atoms with van der Waals surface area (Å²) in [4.78, 5) is 51.5. The summed E-state index contributed by atoms with van der Waals surface area (Å²) in [6.07, 6.45) is 3.89. The fraction of sp³-hybridized carbons (Fsp3) is 0.556. The third kappa shape index (κ3) is 11.4. The number of carbonyl (C=O) groups excluding carboxylic acids is 4. The van der Waals surface area contributed by atoms with Crippen molar-refractivity contribution in [3.05, 3.63) is 59.7 Å². The molecule has 2 aromatic carbocycles. The van der Waals surface area contributed by atoms with Gasteiger partial charge in [0.25, 0.3) is 0 Å². The Morgan fingerprint density at radius 2 is 1.36 bits per heavy atom. The Morgan fingerprint density at radius 3 is 1.84 bits per heavy atom. The molecule has 2 N–H and O–H groups in total. The maximum absolute atomic E-state index is 13.8. The molecule has 242 valence electrons. The standard InChI is InChI=1S/C36H52N2O6/c1-10-11-12-29(34(42)44-36(5,6)7)23-28(31(39)38-30(32(40)37-8)35(2,3)4)18-15-24-13-16-25(17-14-24)26-19-21-27(22-20-26)33(41)43-9/h13-14,16-17,19-22,28-30H,10-12,15,18,23H2,1-9H3,(H,37,40)(H,38,39)/t28-,29+,30-/m1/s1. The average molecular weight is 609 g/mol. The van der Waals surface area contributed by atoms with Crippen molar-refractivity contribution in [1.29, 1.82) is 0 Å². The Hall–Kier alpha value is -3.68. The SMILES string of the molecule is CCCC[C@@H](C[C@@H](CCc1ccc(-c2ccc(C(=O)OC)cc2)cc1)C(=O)N[C@H](C(=O)NC)C(C)(C)C)C(=O)OC(C)(C)C. The average Bonchev–Trinajstić information content (AvgIpc) is 2.97. The summed E-state index contributed by atoms with van der Waals surface area (Å²) in [6, 6.07) is 14.6. The highest BCUT2D eigenvalue weighted by Crippen LogP contribution is 2.28. The topological polar surface area (TPSA) is 111 Å². The molecule has 0 saturated carbocycles. The van der Waals surface area contributed by atoms with Crippen LogP contribution in [0.4, 0.5) is 0 Å². The lowest BCUT2D eigenvalue weighted by Gasteiger charge is -2.32. The van der Waals surface area contributed by atoms with Crippen LogP contribution in [0.15, 0.2) is 48.5 Å². The first-order valence-corrected chi connectivity index (χ1v) is 15.6. The molecule has 44 heavy (non-hydrogen) atoms. The number of likely N-dealkylation sites (N-methyl/N-ethyl adjacent to an activating group) is 1. The number of nitrogens with one attached hydrogen (secondary N) is 2. The molecule has 3 atom stereocenters. The van der Waals surface area contributed by atoms with Gasteiger partial charge in [0.2, 0.25) is 11.8 Å². The van der Waals surface area contributed by atoms with E-state index in [4.69, 9.17) is 9.47 Å². The van der Waals surface area contributed by atoms with E-state index in [1.165, 1.54) is 7.11 Å². The van der Waals surface area contributed by atoms with Crippen molar-refractivity contribution in [2.75, 3.05) is 14.2 Å². The molecule has 0 aliphatic carbocycles. The maximum Gasteiger partial charge on any atom is 0.337 e. The zero-order valence-electron chi connectivity index (χ0n) is 28.0. The van der Waals surface area contributed by atoms with Crippen LogP contribution in [0.5, 0.6) is 0 Å². The molecule has 0 radical (unpaired) electrons. The molecule has 0 aliphatic heterocycles. The van der Waals surface area contributed by atoms with Gasteiger partial charge in [-0.3, -0.25) is 14.4 Å². The van der Waals surface area contributed by atoms with Crippen molar-refractivity contribution in [2.45, 2.75) is 98.6 Å². The largest absolute Gasteiger partial charge is 0.465 e. The number of benzene rings is 2. The maximum atomic E-state index is 13.8. The Balaban J connectivity index is 2.29. The van der Waals surface area contributed by atoms with E-state index in [1.54, 1.807) is 19.2 Å². The van der Waals surface area contributed by atoms with Crippen LogP contribution in [0, 0.1) is 17.3 Å². The number of amides is 2. The second kappa shape index (κ2) is 16.4. The first kappa shape index (κ1) is 36.5. The van der Waals surface area contributed by atoms with Gasteiger partial charge in [-0.05, 0) is 80.7 Å². The number of hydrogen-bond donors (Lipinski definition) is 2. The monoisotopic (exact) mass is 608 g/mol. The minimum absolute atomic E-state index is 0.235. The fourth-order valence-corrected chi connectivity index (χ4v) is 5.07. The molecule has 0 spiro atoms. The minimum atomic E-state index is -0.719. The van der Waals surface area contributed by atoms with Gasteiger partial charge >= 0.3 is 11.9 Å². The lowest BCUT2D eigenvalue weighted by Crippen LogP contribution is -2.54. The predicted octanol–water partition coefficient (Wildman–Crippen LogP) is 6.50. The summed E-state index contributed by atoms with van der Waals surface area (Å²) in [5.41, 5.74) is 2.39. The molecule has 0 fully saturated rings. The fourth-order valence-electron chi connectivity index (χ4n) is 5.07. The Morgan fingerprint density at radius 1 is 0.795 bits per heavy atom. The molecule has 0 aliphatic rings. The summed E-state index contributed by atoms with van der Waals surface area (Å²) < 4.78 is 10.5. The van der Waals surface area contributed by atoms with Gasteiger partial charge in [-0.2, -0.15) is 0 Å². The van der Waals surface area contributed by atoms with Crippen LogP contribution in [0.1, 0.15) is 96.5 Å². The summed E-state index contributed by atoms with van der Waals surface area (Å²) in [5.74, 6) is -2.07. The highest BCUT2D eigenvalue weighted by atomic mass is 16.6. The van der Waals surface area contributed by atoms with E-state index in [2.05, 4.69) is 17.6 Å². The Kier molecular flexibility index (Phi) is 13.6. The minimum Gasteiger partial charge on any atom is -0.465 e. The second-order valence-electron chi connectivity index (χ2n) is 13.5. The van der Waals surface area contributed by atoms with Crippen molar-refractivity contribution >= 4 is 23.8 Å². The highest BCUT2D eigenvalue weighted by molar-refractivity contribution is 5.90. The number of ether oxygens (including phenoxy) is 2. The van der Waals surface area contributed by atoms with E-state index in [9.17, 15) is 19.2 Å². The van der Waals surface area contributed by atoms with Crippen molar-refractivity contribution in [2.24, 2.45) is 17.3 Å². The van der Waals surface area contributed by atoms with E-state index in [0.717, 1.165) is 29.5 Å². The van der Waals surface area contributed by atoms with Crippen LogP contribution < -0.4 is 10.6 Å². The molecule has 8 nitrogen and oxygen atoms in total. The molecular weight excluding hydrogens is 556 g/mol. The van der Waals surface area contributed by atoms with Crippen LogP contribution in [0.2, 0.25) is 0 Å². The molecule has 2 amide bonds. The van der Waals surface area contributed by atoms with Gasteiger partial charge in [0.05, 0.1) is 18.6 Å². The summed E-state index contributed by atoms with van der Waals surface area (Å²) in [7, 11) is 2.92. The summed E-state index contributed by atoms with van der Waals surface area (Å²) in [6.45, 7) is 13.4. The molecular formula is C36H52N2O6. The van der Waals surface area contributed by atoms with E-state index in [-0.39, 0.29) is 23.8 Å². The normalized spacial score (nSPS) is 13.8. The van der Waals surface area contributed by atoms with Crippen LogP contribution >= 0.6 is 0 Å². The van der Waals surface area contributed by atoms with Gasteiger partial charge in [-0.25, -0.2) is 4.79 Å². The van der Waals surface area contributed by atoms with Crippen LogP contribution in [0.3, 0.4) is 0 Å². The second-order valence-corrected chi connectivity index (χ2v) is 13.5. The van der Waals surface area contributed by atoms with Crippen molar-refractivity contribution in [3.8, 4) is 11.1 Å². The van der Waals surface area contributed by atoms with Gasteiger partial charge < -0.3 is 20.1 Å². The quantitative estimate of drug-likeness (QED) is 0.237. The van der Waals surface area contributed by atoms with Gasteiger partial charge in [-0.1, -0.05) is 76.9 Å². The first-order chi connectivity index (χ1) is 20.6. The number of aryl methyl sites for hydroxylation is 1. The van der Waals surface area contributed by atoms with Gasteiger partial charge in [0.15, 0.2) is 0 Å². The summed E-state index contributed by atoms with van der Waals surface area (Å²) >= 11 is 0. The van der Waals surface area contributed by atoms with Crippen LogP contribution in [0.25, 0.3) is 11.1 Å². The van der Waals surface area contributed by atoms with E-state index < -0.39 is 28.9 Å². The third-order valence-electron chi connectivity index (χ3n) is 7.62. The van der Waals surface area contributed by atoms with E-state index >= 15 is 0 Å². The van der Waals surface area contributed by atoms with Crippen molar-refractivity contribution in [3.63, 3.8) is 0 Å². The van der Waals surface area contributed by atoms with Crippen LogP contribution in [-0.2, 0) is 30.3 Å². The van der Waals surface area contributed by atoms with Crippen molar-refractivity contribution in [1.82, 2.24) is 10.6 Å². The predicted molar refractivity (Wildman–Crippen MR) is 174 cm³/mol. The molecule has 2 rings (SSSR count). The Bertz CT molecular complexity index is 1240. The number of rotatable bonds is 14. The molecule has 0 bridgehead atoms. The third-order valence-corrected chi connectivity index (χ3v) is 7.62. The molecule has 0 heterocycles. The zero-order chi connectivity index (χ0) is 33.1. The summed E-state index contributed by atoms with van der Waals surface area (Å²) in [5, 5.41) is 5.67. The number of unbranched alkanes of at least 4 members (excludes halogenated alkanes) is 1. The Labute approximate surface area is 263 Å². The molecule has 2 aromatic rings. The number of hydrogen-bond acceptors (Lipinski definition) is 6. The molecule has 0 saturated heterocycles. The van der Waals surface area contributed by atoms with Gasteiger partial charge in [0, 0.05) is 13.0 Å². The molecule has 0 aromatic heterocycles. The highest BCUT2D eigenvalue weighted by Gasteiger charge is 2.36.